The smallest absolute Gasteiger partial charge is 0.320 e. The summed E-state index contributed by atoms with van der Waals surface area (Å²) in [6.45, 7) is 4.05. The molecule has 5 nitrogen and oxygen atoms in total. The fourth-order valence-electron chi connectivity index (χ4n) is 1.13. The first kappa shape index (κ1) is 13.1. The van der Waals surface area contributed by atoms with Crippen LogP contribution in [0.15, 0.2) is 6.07 Å². The van der Waals surface area contributed by atoms with Crippen molar-refractivity contribution < 1.29 is 18.3 Å². The molecule has 0 aliphatic heterocycles. The summed E-state index contributed by atoms with van der Waals surface area (Å²) in [6.07, 6.45) is 0. The van der Waals surface area contributed by atoms with Gasteiger partial charge in [-0.05, 0) is 25.5 Å². The maximum atomic E-state index is 11.2. The van der Waals surface area contributed by atoms with E-state index in [1.165, 1.54) is 11.3 Å². The summed E-state index contributed by atoms with van der Waals surface area (Å²) in [5.74, 6) is -2.25. The lowest BCUT2D eigenvalue weighted by Crippen LogP contribution is -2.29. The predicted molar refractivity (Wildman–Crippen MR) is 62.1 cm³/mol. The van der Waals surface area contributed by atoms with Gasteiger partial charge in [-0.25, -0.2) is 13.1 Å². The molecular weight excluding hydrogens is 250 g/mol. The standard InChI is InChI=1S/C9H13NO4S2/c1-6-3-8(15-7(6)2)4-10-16(13,14)5-9(11)12/h3,10H,4-5H2,1-2H3,(H,11,12). The molecule has 0 saturated carbocycles. The number of aliphatic carboxylic acids is 1. The Hall–Kier alpha value is -0.920. The Labute approximate surface area is 98.2 Å². The second kappa shape index (κ2) is 4.94. The third-order valence-corrected chi connectivity index (χ3v) is 4.36. The van der Waals surface area contributed by atoms with Gasteiger partial charge in [0.05, 0.1) is 0 Å². The van der Waals surface area contributed by atoms with Crippen molar-refractivity contribution in [3.8, 4) is 0 Å². The monoisotopic (exact) mass is 263 g/mol. The maximum absolute atomic E-state index is 11.2. The van der Waals surface area contributed by atoms with E-state index in [9.17, 15) is 13.2 Å². The average molecular weight is 263 g/mol. The number of carbonyl (C=O) groups is 1. The molecular formula is C9H13NO4S2. The molecule has 90 valence electrons. The van der Waals surface area contributed by atoms with E-state index in [1.807, 2.05) is 19.9 Å². The van der Waals surface area contributed by atoms with Gasteiger partial charge in [-0.3, -0.25) is 4.79 Å². The van der Waals surface area contributed by atoms with Crippen LogP contribution >= 0.6 is 11.3 Å². The molecule has 7 heteroatoms. The molecule has 0 bridgehead atoms. The van der Waals surface area contributed by atoms with Gasteiger partial charge in [-0.15, -0.1) is 11.3 Å². The van der Waals surface area contributed by atoms with Gasteiger partial charge < -0.3 is 5.11 Å². The molecule has 0 fully saturated rings. The minimum Gasteiger partial charge on any atom is -0.480 e. The highest BCUT2D eigenvalue weighted by atomic mass is 32.2. The molecule has 2 N–H and O–H groups in total. The molecule has 1 rings (SSSR count). The van der Waals surface area contributed by atoms with Crippen LogP contribution in [0.25, 0.3) is 0 Å². The van der Waals surface area contributed by atoms with Gasteiger partial charge in [0.15, 0.2) is 5.75 Å². The molecule has 0 atom stereocenters. The first-order valence-electron chi connectivity index (χ1n) is 4.55. The number of sulfonamides is 1. The van der Waals surface area contributed by atoms with Crippen LogP contribution in [0.5, 0.6) is 0 Å². The second-order valence-corrected chi connectivity index (χ2v) is 6.57. The van der Waals surface area contributed by atoms with E-state index in [2.05, 4.69) is 4.72 Å². The predicted octanol–water partition coefficient (Wildman–Crippen LogP) is 0.869. The van der Waals surface area contributed by atoms with E-state index in [0.717, 1.165) is 15.3 Å². The first-order chi connectivity index (χ1) is 7.30. The van der Waals surface area contributed by atoms with Crippen molar-refractivity contribution in [2.75, 3.05) is 5.75 Å². The Morgan fingerprint density at radius 1 is 1.50 bits per heavy atom. The second-order valence-electron chi connectivity index (χ2n) is 3.43. The van der Waals surface area contributed by atoms with Crippen LogP contribution < -0.4 is 4.72 Å². The topological polar surface area (TPSA) is 83.5 Å². The molecule has 16 heavy (non-hydrogen) atoms. The van der Waals surface area contributed by atoms with Gasteiger partial charge in [-0.2, -0.15) is 0 Å². The van der Waals surface area contributed by atoms with Crippen molar-refractivity contribution in [1.82, 2.24) is 4.72 Å². The summed E-state index contributed by atoms with van der Waals surface area (Å²) in [4.78, 5) is 12.3. The van der Waals surface area contributed by atoms with E-state index in [1.54, 1.807) is 0 Å². The molecule has 1 aromatic rings. The van der Waals surface area contributed by atoms with Crippen molar-refractivity contribution in [3.63, 3.8) is 0 Å². The van der Waals surface area contributed by atoms with Gasteiger partial charge >= 0.3 is 5.97 Å². The van der Waals surface area contributed by atoms with Crippen LogP contribution in [-0.4, -0.2) is 25.2 Å². The molecule has 1 aromatic heterocycles. The van der Waals surface area contributed by atoms with E-state index >= 15 is 0 Å². The molecule has 0 aromatic carbocycles. The number of carboxylic acids is 1. The molecule has 0 radical (unpaired) electrons. The summed E-state index contributed by atoms with van der Waals surface area (Å²) in [5.41, 5.74) is 1.11. The van der Waals surface area contributed by atoms with Gasteiger partial charge in [0, 0.05) is 16.3 Å². The molecule has 0 unspecified atom stereocenters. The minimum atomic E-state index is -3.73. The van der Waals surface area contributed by atoms with Gasteiger partial charge in [0.25, 0.3) is 0 Å². The number of rotatable bonds is 5. The quantitative estimate of drug-likeness (QED) is 0.825. The highest BCUT2D eigenvalue weighted by Gasteiger charge is 2.15. The normalized spacial score (nSPS) is 11.6. The zero-order valence-corrected chi connectivity index (χ0v) is 10.6. The van der Waals surface area contributed by atoms with E-state index < -0.39 is 21.7 Å². The SMILES string of the molecule is Cc1cc(CNS(=O)(=O)CC(=O)O)sc1C. The molecule has 0 saturated heterocycles. The lowest BCUT2D eigenvalue weighted by Gasteiger charge is -2.01. The first-order valence-corrected chi connectivity index (χ1v) is 7.02. The largest absolute Gasteiger partial charge is 0.480 e. The Morgan fingerprint density at radius 3 is 2.56 bits per heavy atom. The van der Waals surface area contributed by atoms with Crippen LogP contribution in [0.1, 0.15) is 15.3 Å². The lowest BCUT2D eigenvalue weighted by atomic mass is 10.3. The number of thiophene rings is 1. The Morgan fingerprint density at radius 2 is 2.12 bits per heavy atom. The van der Waals surface area contributed by atoms with Crippen LogP contribution in [0.4, 0.5) is 0 Å². The fraction of sp³-hybridized carbons (Fsp3) is 0.444. The Bertz CT molecular complexity index is 470. The van der Waals surface area contributed by atoms with Crippen molar-refractivity contribution >= 4 is 27.3 Å². The summed E-state index contributed by atoms with van der Waals surface area (Å²) < 4.78 is 24.7. The number of hydrogen-bond donors (Lipinski definition) is 2. The number of hydrogen-bond acceptors (Lipinski definition) is 4. The van der Waals surface area contributed by atoms with Gasteiger partial charge in [0.2, 0.25) is 10.0 Å². The molecule has 0 aliphatic carbocycles. The number of carboxylic acid groups (broad SMARTS) is 1. The lowest BCUT2D eigenvalue weighted by molar-refractivity contribution is -0.134. The van der Waals surface area contributed by atoms with Crippen LogP contribution in [0, 0.1) is 13.8 Å². The molecule has 0 spiro atoms. The van der Waals surface area contributed by atoms with Crippen LogP contribution in [0.3, 0.4) is 0 Å². The zero-order chi connectivity index (χ0) is 12.3. The highest BCUT2D eigenvalue weighted by molar-refractivity contribution is 7.90. The molecule has 0 aliphatic rings. The zero-order valence-electron chi connectivity index (χ0n) is 8.98. The summed E-state index contributed by atoms with van der Waals surface area (Å²) in [6, 6.07) is 1.89. The third kappa shape index (κ3) is 3.92. The van der Waals surface area contributed by atoms with Crippen molar-refractivity contribution in [2.45, 2.75) is 20.4 Å². The number of nitrogens with one attached hydrogen (secondary N) is 1. The van der Waals surface area contributed by atoms with Crippen LogP contribution in [0.2, 0.25) is 0 Å². The summed E-state index contributed by atoms with van der Waals surface area (Å²) in [7, 11) is -3.73. The molecule has 1 heterocycles. The van der Waals surface area contributed by atoms with Crippen molar-refractivity contribution in [2.24, 2.45) is 0 Å². The maximum Gasteiger partial charge on any atom is 0.320 e. The van der Waals surface area contributed by atoms with Crippen molar-refractivity contribution in [3.05, 3.63) is 21.4 Å². The number of aryl methyl sites for hydroxylation is 2. The Kier molecular flexibility index (Phi) is 4.06. The van der Waals surface area contributed by atoms with E-state index in [0.29, 0.717) is 0 Å². The van der Waals surface area contributed by atoms with E-state index in [-0.39, 0.29) is 6.54 Å². The van der Waals surface area contributed by atoms with Crippen molar-refractivity contribution in [1.29, 1.82) is 0 Å². The third-order valence-electron chi connectivity index (χ3n) is 2.00. The van der Waals surface area contributed by atoms with Gasteiger partial charge in [0.1, 0.15) is 0 Å². The summed E-state index contributed by atoms with van der Waals surface area (Å²) in [5, 5.41) is 8.38. The summed E-state index contributed by atoms with van der Waals surface area (Å²) >= 11 is 1.50. The molecule has 0 amide bonds. The van der Waals surface area contributed by atoms with Crippen LogP contribution in [-0.2, 0) is 21.4 Å². The average Bonchev–Trinajstić information content (AvgIpc) is 2.41. The fourth-order valence-corrected chi connectivity index (χ4v) is 3.02. The van der Waals surface area contributed by atoms with Gasteiger partial charge in [-0.1, -0.05) is 0 Å². The highest BCUT2D eigenvalue weighted by Crippen LogP contribution is 2.20. The van der Waals surface area contributed by atoms with E-state index in [4.69, 9.17) is 5.11 Å². The minimum absolute atomic E-state index is 0.148. The Balaban J connectivity index is 2.61.